The van der Waals surface area contributed by atoms with Gasteiger partial charge >= 0.3 is 0 Å². The lowest BCUT2D eigenvalue weighted by atomic mass is 10.1. The smallest absolute Gasteiger partial charge is 0.240 e. The largest absolute Gasteiger partial charge is 0.394 e. The summed E-state index contributed by atoms with van der Waals surface area (Å²) in [4.78, 5) is 12.1. The zero-order valence-corrected chi connectivity index (χ0v) is 12.5. The molecule has 2 N–H and O–H groups in total. The van der Waals surface area contributed by atoms with Gasteiger partial charge in [0.25, 0.3) is 0 Å². The number of benzene rings is 1. The van der Waals surface area contributed by atoms with Crippen molar-refractivity contribution < 1.29 is 9.90 Å². The van der Waals surface area contributed by atoms with Gasteiger partial charge in [-0.2, -0.15) is 0 Å². The highest BCUT2D eigenvalue weighted by atomic mass is 16.3. The van der Waals surface area contributed by atoms with Gasteiger partial charge in [-0.3, -0.25) is 4.79 Å². The molecule has 0 aliphatic carbocycles. The average Bonchev–Trinajstić information content (AvgIpc) is 2.79. The molecule has 1 heterocycles. The Morgan fingerprint density at radius 1 is 1.14 bits per heavy atom. The van der Waals surface area contributed by atoms with E-state index < -0.39 is 0 Å². The average molecular weight is 286 g/mol. The number of aliphatic hydroxyl groups is 1. The zero-order chi connectivity index (χ0) is 15.2. The molecule has 0 saturated carbocycles. The standard InChI is InChI=1S/C17H22N2O2/c1-13-8-9-14(2)19(13)11-17(21)18-16(12-20)10-15-6-4-3-5-7-15/h3-9,16,20H,10-12H2,1-2H3,(H,18,21)/t16-/m1/s1. The van der Waals surface area contributed by atoms with Crippen molar-refractivity contribution in [1.29, 1.82) is 0 Å². The second-order valence-corrected chi connectivity index (χ2v) is 5.34. The summed E-state index contributed by atoms with van der Waals surface area (Å²) in [6.07, 6.45) is 0.632. The first-order chi connectivity index (χ1) is 10.1. The van der Waals surface area contributed by atoms with Crippen LogP contribution < -0.4 is 5.32 Å². The molecule has 0 bridgehead atoms. The van der Waals surface area contributed by atoms with Crippen LogP contribution in [0.25, 0.3) is 0 Å². The SMILES string of the molecule is Cc1ccc(C)n1CC(=O)N[C@@H](CO)Cc1ccccc1. The second-order valence-electron chi connectivity index (χ2n) is 5.34. The summed E-state index contributed by atoms with van der Waals surface area (Å²) in [6.45, 7) is 4.18. The van der Waals surface area contributed by atoms with Crippen molar-refractivity contribution in [3.05, 3.63) is 59.4 Å². The molecular formula is C17H22N2O2. The maximum atomic E-state index is 12.1. The number of aromatic nitrogens is 1. The molecule has 1 aromatic carbocycles. The maximum Gasteiger partial charge on any atom is 0.240 e. The monoisotopic (exact) mass is 286 g/mol. The van der Waals surface area contributed by atoms with Gasteiger partial charge in [-0.05, 0) is 38.0 Å². The van der Waals surface area contributed by atoms with Crippen molar-refractivity contribution in [2.24, 2.45) is 0 Å². The van der Waals surface area contributed by atoms with Crippen molar-refractivity contribution in [1.82, 2.24) is 9.88 Å². The van der Waals surface area contributed by atoms with Gasteiger partial charge in [-0.15, -0.1) is 0 Å². The first-order valence-electron chi connectivity index (χ1n) is 7.17. The van der Waals surface area contributed by atoms with E-state index in [1.165, 1.54) is 0 Å². The highest BCUT2D eigenvalue weighted by Gasteiger charge is 2.13. The second kappa shape index (κ2) is 7.09. The van der Waals surface area contributed by atoms with E-state index in [0.29, 0.717) is 6.42 Å². The van der Waals surface area contributed by atoms with Gasteiger partial charge in [0.05, 0.1) is 12.6 Å². The van der Waals surface area contributed by atoms with Gasteiger partial charge in [-0.25, -0.2) is 0 Å². The first kappa shape index (κ1) is 15.3. The van der Waals surface area contributed by atoms with Gasteiger partial charge in [0.15, 0.2) is 0 Å². The molecule has 1 amide bonds. The number of hydrogen-bond donors (Lipinski definition) is 2. The molecule has 4 nitrogen and oxygen atoms in total. The normalized spacial score (nSPS) is 12.1. The van der Waals surface area contributed by atoms with E-state index in [1.807, 2.05) is 60.9 Å². The lowest BCUT2D eigenvalue weighted by Gasteiger charge is -2.17. The van der Waals surface area contributed by atoms with Crippen LogP contribution in [0.3, 0.4) is 0 Å². The molecule has 0 fully saturated rings. The number of nitrogens with one attached hydrogen (secondary N) is 1. The highest BCUT2D eigenvalue weighted by molar-refractivity contribution is 5.76. The van der Waals surface area contributed by atoms with Crippen LogP contribution in [-0.4, -0.2) is 28.2 Å². The van der Waals surface area contributed by atoms with Crippen LogP contribution >= 0.6 is 0 Å². The molecule has 0 aliphatic heterocycles. The Labute approximate surface area is 125 Å². The fourth-order valence-corrected chi connectivity index (χ4v) is 2.43. The minimum Gasteiger partial charge on any atom is -0.394 e. The van der Waals surface area contributed by atoms with E-state index in [0.717, 1.165) is 17.0 Å². The van der Waals surface area contributed by atoms with Crippen LogP contribution in [0.4, 0.5) is 0 Å². The molecule has 0 aliphatic rings. The number of aliphatic hydroxyl groups excluding tert-OH is 1. The van der Waals surface area contributed by atoms with E-state index in [-0.39, 0.29) is 25.1 Å². The van der Waals surface area contributed by atoms with E-state index in [2.05, 4.69) is 5.32 Å². The van der Waals surface area contributed by atoms with Gasteiger partial charge in [-0.1, -0.05) is 30.3 Å². The topological polar surface area (TPSA) is 54.3 Å². The summed E-state index contributed by atoms with van der Waals surface area (Å²) < 4.78 is 1.96. The highest BCUT2D eigenvalue weighted by Crippen LogP contribution is 2.07. The van der Waals surface area contributed by atoms with Crippen LogP contribution in [0.1, 0.15) is 17.0 Å². The Kier molecular flexibility index (Phi) is 5.17. The third kappa shape index (κ3) is 4.20. The van der Waals surface area contributed by atoms with Crippen molar-refractivity contribution in [2.75, 3.05) is 6.61 Å². The third-order valence-corrected chi connectivity index (χ3v) is 3.63. The Hall–Kier alpha value is -2.07. The zero-order valence-electron chi connectivity index (χ0n) is 12.5. The fraction of sp³-hybridized carbons (Fsp3) is 0.353. The summed E-state index contributed by atoms with van der Waals surface area (Å²) in [5.74, 6) is -0.0765. The summed E-state index contributed by atoms with van der Waals surface area (Å²) >= 11 is 0. The number of amides is 1. The van der Waals surface area contributed by atoms with Crippen LogP contribution in [0, 0.1) is 13.8 Å². The molecule has 0 unspecified atom stereocenters. The number of rotatable bonds is 6. The van der Waals surface area contributed by atoms with Crippen molar-refractivity contribution in [2.45, 2.75) is 32.9 Å². The van der Waals surface area contributed by atoms with Gasteiger partial charge in [0.2, 0.25) is 5.91 Å². The van der Waals surface area contributed by atoms with E-state index >= 15 is 0 Å². The Bertz CT molecular complexity index is 571. The minimum atomic E-state index is -0.254. The molecule has 2 rings (SSSR count). The summed E-state index contributed by atoms with van der Waals surface area (Å²) in [6, 6.07) is 13.6. The number of aryl methyl sites for hydroxylation is 2. The summed E-state index contributed by atoms with van der Waals surface area (Å²) in [5.41, 5.74) is 3.22. The van der Waals surface area contributed by atoms with Crippen molar-refractivity contribution >= 4 is 5.91 Å². The van der Waals surface area contributed by atoms with Gasteiger partial charge in [0.1, 0.15) is 6.54 Å². The Morgan fingerprint density at radius 2 is 1.76 bits per heavy atom. The lowest BCUT2D eigenvalue weighted by molar-refractivity contribution is -0.122. The Balaban J connectivity index is 1.94. The number of nitrogens with zero attached hydrogens (tertiary/aromatic N) is 1. The quantitative estimate of drug-likeness (QED) is 0.851. The van der Waals surface area contributed by atoms with E-state index in [4.69, 9.17) is 0 Å². The molecule has 21 heavy (non-hydrogen) atoms. The number of carbonyl (C=O) groups excluding carboxylic acids is 1. The molecule has 0 spiro atoms. The molecule has 0 saturated heterocycles. The van der Waals surface area contributed by atoms with Crippen molar-refractivity contribution in [3.8, 4) is 0 Å². The molecule has 1 atom stereocenters. The minimum absolute atomic E-state index is 0.0652. The Morgan fingerprint density at radius 3 is 2.33 bits per heavy atom. The molecule has 4 heteroatoms. The van der Waals surface area contributed by atoms with E-state index in [1.54, 1.807) is 0 Å². The van der Waals surface area contributed by atoms with E-state index in [9.17, 15) is 9.90 Å². The molecule has 2 aromatic rings. The van der Waals surface area contributed by atoms with Crippen LogP contribution in [0.5, 0.6) is 0 Å². The molecule has 112 valence electrons. The van der Waals surface area contributed by atoms with Crippen LogP contribution in [-0.2, 0) is 17.8 Å². The van der Waals surface area contributed by atoms with Crippen LogP contribution in [0.2, 0.25) is 0 Å². The van der Waals surface area contributed by atoms with Crippen molar-refractivity contribution in [3.63, 3.8) is 0 Å². The van der Waals surface area contributed by atoms with Gasteiger partial charge < -0.3 is 15.0 Å². The maximum absolute atomic E-state index is 12.1. The summed E-state index contributed by atoms with van der Waals surface area (Å²) in [7, 11) is 0. The molecule has 1 aromatic heterocycles. The predicted molar refractivity (Wildman–Crippen MR) is 83.1 cm³/mol. The number of hydrogen-bond acceptors (Lipinski definition) is 2. The predicted octanol–water partition coefficient (Wildman–Crippen LogP) is 1.82. The lowest BCUT2D eigenvalue weighted by Crippen LogP contribution is -2.41. The first-order valence-corrected chi connectivity index (χ1v) is 7.17. The fourth-order valence-electron chi connectivity index (χ4n) is 2.43. The van der Waals surface area contributed by atoms with Crippen LogP contribution in [0.15, 0.2) is 42.5 Å². The summed E-state index contributed by atoms with van der Waals surface area (Å²) in [5, 5.41) is 12.3. The van der Waals surface area contributed by atoms with Gasteiger partial charge in [0, 0.05) is 11.4 Å². The molecular weight excluding hydrogens is 264 g/mol. The molecule has 0 radical (unpaired) electrons. The number of carbonyl (C=O) groups is 1. The third-order valence-electron chi connectivity index (χ3n) is 3.63.